The molecule has 0 radical (unpaired) electrons. The lowest BCUT2D eigenvalue weighted by atomic mass is 10.1. The second kappa shape index (κ2) is 4.61. The van der Waals surface area contributed by atoms with E-state index in [0.717, 1.165) is 9.48 Å². The molecule has 0 aliphatic rings. The molecule has 1 atom stereocenters. The number of aryl methyl sites for hydroxylation is 1. The van der Waals surface area contributed by atoms with Crippen molar-refractivity contribution in [2.75, 3.05) is 0 Å². The van der Waals surface area contributed by atoms with Crippen LogP contribution in [0.25, 0.3) is 0 Å². The minimum atomic E-state index is -1.01. The average Bonchev–Trinajstić information content (AvgIpc) is 2.67. The molecule has 1 unspecified atom stereocenters. The van der Waals surface area contributed by atoms with E-state index >= 15 is 0 Å². The Kier molecular flexibility index (Phi) is 3.37. The molecule has 1 N–H and O–H groups in total. The number of thiazole rings is 1. The van der Waals surface area contributed by atoms with Gasteiger partial charge in [0.1, 0.15) is 11.9 Å². The van der Waals surface area contributed by atoms with Crippen LogP contribution in [0.2, 0.25) is 0 Å². The van der Waals surface area contributed by atoms with Crippen LogP contribution in [-0.4, -0.2) is 10.1 Å². The summed E-state index contributed by atoms with van der Waals surface area (Å²) in [6.07, 6.45) is -1.01. The zero-order chi connectivity index (χ0) is 11.7. The molecule has 2 aromatic rings. The van der Waals surface area contributed by atoms with Crippen molar-refractivity contribution in [1.82, 2.24) is 4.98 Å². The lowest BCUT2D eigenvalue weighted by molar-refractivity contribution is 0.210. The summed E-state index contributed by atoms with van der Waals surface area (Å²) in [5.74, 6) is -0.429. The highest BCUT2D eigenvalue weighted by atomic mass is 79.9. The summed E-state index contributed by atoms with van der Waals surface area (Å²) in [6, 6.07) is 4.48. The molecule has 1 aromatic carbocycles. The molecule has 5 heteroatoms. The topological polar surface area (TPSA) is 33.1 Å². The molecule has 0 spiro atoms. The largest absolute Gasteiger partial charge is 0.382 e. The smallest absolute Gasteiger partial charge is 0.129 e. The molecule has 0 amide bonds. The summed E-state index contributed by atoms with van der Waals surface area (Å²) >= 11 is 4.68. The maximum atomic E-state index is 13.5. The molecule has 0 aliphatic carbocycles. The Labute approximate surface area is 105 Å². The van der Waals surface area contributed by atoms with Crippen LogP contribution in [0, 0.1) is 12.7 Å². The van der Waals surface area contributed by atoms with Crippen LogP contribution in [0.4, 0.5) is 4.39 Å². The van der Waals surface area contributed by atoms with Gasteiger partial charge in [0.15, 0.2) is 0 Å². The van der Waals surface area contributed by atoms with Crippen molar-refractivity contribution < 1.29 is 9.50 Å². The first-order valence-corrected chi connectivity index (χ1v) is 6.30. The molecular formula is C11H9BrFNOS. The molecule has 0 saturated carbocycles. The van der Waals surface area contributed by atoms with Gasteiger partial charge in [-0.15, -0.1) is 11.3 Å². The van der Waals surface area contributed by atoms with Crippen molar-refractivity contribution >= 4 is 27.3 Å². The van der Waals surface area contributed by atoms with Crippen molar-refractivity contribution in [2.45, 2.75) is 13.0 Å². The van der Waals surface area contributed by atoms with Gasteiger partial charge in [0, 0.05) is 15.4 Å². The zero-order valence-electron chi connectivity index (χ0n) is 8.45. The SMILES string of the molecule is Cc1nc(C(O)c2cc(Br)ccc2F)cs1. The summed E-state index contributed by atoms with van der Waals surface area (Å²) in [7, 11) is 0. The van der Waals surface area contributed by atoms with Gasteiger partial charge in [-0.25, -0.2) is 9.37 Å². The predicted octanol–water partition coefficient (Wildman–Crippen LogP) is 3.43. The highest BCUT2D eigenvalue weighted by molar-refractivity contribution is 9.10. The molecule has 0 aliphatic heterocycles. The number of benzene rings is 1. The third-order valence-electron chi connectivity index (χ3n) is 2.17. The normalized spacial score (nSPS) is 12.8. The Bertz CT molecular complexity index is 514. The summed E-state index contributed by atoms with van der Waals surface area (Å²) in [6.45, 7) is 1.85. The summed E-state index contributed by atoms with van der Waals surface area (Å²) < 4.78 is 14.2. The molecule has 84 valence electrons. The Morgan fingerprint density at radius 1 is 1.50 bits per heavy atom. The minimum absolute atomic E-state index is 0.236. The quantitative estimate of drug-likeness (QED) is 0.922. The number of nitrogens with zero attached hydrogens (tertiary/aromatic N) is 1. The van der Waals surface area contributed by atoms with Crippen molar-refractivity contribution in [1.29, 1.82) is 0 Å². The Hall–Kier alpha value is -0.780. The van der Waals surface area contributed by atoms with E-state index in [0.29, 0.717) is 5.69 Å². The van der Waals surface area contributed by atoms with Crippen LogP contribution in [-0.2, 0) is 0 Å². The van der Waals surface area contributed by atoms with E-state index < -0.39 is 11.9 Å². The minimum Gasteiger partial charge on any atom is -0.382 e. The molecule has 2 rings (SSSR count). The first-order valence-electron chi connectivity index (χ1n) is 4.63. The molecule has 16 heavy (non-hydrogen) atoms. The van der Waals surface area contributed by atoms with Gasteiger partial charge in [0.2, 0.25) is 0 Å². The zero-order valence-corrected chi connectivity index (χ0v) is 10.8. The van der Waals surface area contributed by atoms with Crippen molar-refractivity contribution in [3.63, 3.8) is 0 Å². The predicted molar refractivity (Wildman–Crippen MR) is 65.0 cm³/mol. The molecular weight excluding hydrogens is 293 g/mol. The molecule has 1 heterocycles. The fourth-order valence-electron chi connectivity index (χ4n) is 1.39. The van der Waals surface area contributed by atoms with Crippen molar-refractivity contribution in [3.8, 4) is 0 Å². The van der Waals surface area contributed by atoms with E-state index in [4.69, 9.17) is 0 Å². The molecule has 0 bridgehead atoms. The van der Waals surface area contributed by atoms with Gasteiger partial charge in [-0.3, -0.25) is 0 Å². The second-order valence-corrected chi connectivity index (χ2v) is 5.34. The van der Waals surface area contributed by atoms with Gasteiger partial charge in [0.05, 0.1) is 10.7 Å². The summed E-state index contributed by atoms with van der Waals surface area (Å²) in [4.78, 5) is 4.14. The van der Waals surface area contributed by atoms with Crippen LogP contribution in [0.3, 0.4) is 0 Å². The lowest BCUT2D eigenvalue weighted by Gasteiger charge is -2.09. The van der Waals surface area contributed by atoms with Crippen LogP contribution in [0.5, 0.6) is 0 Å². The van der Waals surface area contributed by atoms with E-state index in [1.54, 1.807) is 17.5 Å². The third kappa shape index (κ3) is 2.31. The Balaban J connectivity index is 2.40. The molecule has 1 aromatic heterocycles. The van der Waals surface area contributed by atoms with Gasteiger partial charge in [-0.05, 0) is 25.1 Å². The maximum Gasteiger partial charge on any atom is 0.129 e. The van der Waals surface area contributed by atoms with Gasteiger partial charge in [-0.1, -0.05) is 15.9 Å². The van der Waals surface area contributed by atoms with Gasteiger partial charge < -0.3 is 5.11 Å². The lowest BCUT2D eigenvalue weighted by Crippen LogP contribution is -2.03. The summed E-state index contributed by atoms with van der Waals surface area (Å²) in [5.41, 5.74) is 0.721. The van der Waals surface area contributed by atoms with E-state index in [1.807, 2.05) is 6.92 Å². The monoisotopic (exact) mass is 301 g/mol. The number of rotatable bonds is 2. The van der Waals surface area contributed by atoms with Gasteiger partial charge >= 0.3 is 0 Å². The van der Waals surface area contributed by atoms with E-state index in [-0.39, 0.29) is 5.56 Å². The fourth-order valence-corrected chi connectivity index (χ4v) is 2.40. The standard InChI is InChI=1S/C11H9BrFNOS/c1-6-14-10(5-16-6)11(15)8-4-7(12)2-3-9(8)13/h2-5,11,15H,1H3. The molecule has 0 fully saturated rings. The fraction of sp³-hybridized carbons (Fsp3) is 0.182. The van der Waals surface area contributed by atoms with Gasteiger partial charge in [-0.2, -0.15) is 0 Å². The number of hydrogen-bond donors (Lipinski definition) is 1. The van der Waals surface area contributed by atoms with E-state index in [1.165, 1.54) is 17.4 Å². The maximum absolute atomic E-state index is 13.5. The van der Waals surface area contributed by atoms with Crippen molar-refractivity contribution in [2.24, 2.45) is 0 Å². The van der Waals surface area contributed by atoms with E-state index in [9.17, 15) is 9.50 Å². The average molecular weight is 302 g/mol. The highest BCUT2D eigenvalue weighted by Gasteiger charge is 2.17. The van der Waals surface area contributed by atoms with Gasteiger partial charge in [0.25, 0.3) is 0 Å². The Morgan fingerprint density at radius 2 is 2.25 bits per heavy atom. The first-order chi connectivity index (χ1) is 7.58. The molecule has 0 saturated heterocycles. The Morgan fingerprint density at radius 3 is 2.88 bits per heavy atom. The first kappa shape index (κ1) is 11.7. The van der Waals surface area contributed by atoms with Crippen LogP contribution in [0.1, 0.15) is 22.4 Å². The van der Waals surface area contributed by atoms with Crippen LogP contribution in [0.15, 0.2) is 28.1 Å². The number of aromatic nitrogens is 1. The van der Waals surface area contributed by atoms with Crippen molar-refractivity contribution in [3.05, 3.63) is 50.1 Å². The summed E-state index contributed by atoms with van der Waals surface area (Å²) in [5, 5.41) is 12.6. The number of aliphatic hydroxyl groups excluding tert-OH is 1. The second-order valence-electron chi connectivity index (χ2n) is 3.36. The third-order valence-corrected chi connectivity index (χ3v) is 3.45. The molecule has 2 nitrogen and oxygen atoms in total. The van der Waals surface area contributed by atoms with Crippen LogP contribution >= 0.6 is 27.3 Å². The van der Waals surface area contributed by atoms with E-state index in [2.05, 4.69) is 20.9 Å². The number of aliphatic hydroxyl groups is 1. The number of halogens is 2. The highest BCUT2D eigenvalue weighted by Crippen LogP contribution is 2.27. The van der Waals surface area contributed by atoms with Crippen LogP contribution < -0.4 is 0 Å². The number of hydrogen-bond acceptors (Lipinski definition) is 3.